The van der Waals surface area contributed by atoms with Gasteiger partial charge in [-0.05, 0) is 0 Å². The Balaban J connectivity index is 2.06. The summed E-state index contributed by atoms with van der Waals surface area (Å²) in [5.41, 5.74) is 3.43. The predicted octanol–water partition coefficient (Wildman–Crippen LogP) is 3.40. The van der Waals surface area contributed by atoms with E-state index in [1.54, 1.807) is 0 Å². The molecule has 0 aliphatic carbocycles. The third-order valence-electron chi connectivity index (χ3n) is 3.33. The first kappa shape index (κ1) is 15.0. The van der Waals surface area contributed by atoms with Crippen molar-refractivity contribution in [1.29, 1.82) is 0 Å². The number of rotatable bonds is 5. The topological polar surface area (TPSA) is 30.7 Å². The van der Waals surface area contributed by atoms with Gasteiger partial charge in [-0.15, -0.1) is 0 Å². The van der Waals surface area contributed by atoms with Crippen LogP contribution in [0, 0.1) is 6.92 Å². The van der Waals surface area contributed by atoms with E-state index in [9.17, 15) is 0 Å². The minimum atomic E-state index is 0.341. The molecule has 0 atom stereocenters. The Morgan fingerprint density at radius 1 is 1.00 bits per heavy atom. The van der Waals surface area contributed by atoms with Crippen LogP contribution >= 0.6 is 0 Å². The Kier molecular flexibility index (Phi) is 4.71. The Bertz CT molecular complexity index is 733. The molecule has 0 fully saturated rings. The van der Waals surface area contributed by atoms with Gasteiger partial charge in [-0.1, -0.05) is 0 Å². The van der Waals surface area contributed by atoms with Crippen LogP contribution in [0.2, 0.25) is 5.32 Å². The molecule has 3 nitrogen and oxygen atoms in total. The van der Waals surface area contributed by atoms with Crippen molar-refractivity contribution >= 4 is 19.7 Å². The van der Waals surface area contributed by atoms with Crippen molar-refractivity contribution in [1.82, 2.24) is 14.8 Å². The van der Waals surface area contributed by atoms with Gasteiger partial charge in [0.2, 0.25) is 0 Å². The van der Waals surface area contributed by atoms with Crippen molar-refractivity contribution in [2.24, 2.45) is 0 Å². The van der Waals surface area contributed by atoms with Crippen LogP contribution in [0.15, 0.2) is 54.6 Å². The van der Waals surface area contributed by atoms with Gasteiger partial charge in [-0.25, -0.2) is 0 Å². The van der Waals surface area contributed by atoms with E-state index in [4.69, 9.17) is 10.1 Å². The van der Waals surface area contributed by atoms with Crippen LogP contribution in [-0.4, -0.2) is 29.7 Å². The van der Waals surface area contributed by atoms with Crippen molar-refractivity contribution in [2.75, 3.05) is 0 Å². The quantitative estimate of drug-likeness (QED) is 0.656. The van der Waals surface area contributed by atoms with Crippen LogP contribution in [0.4, 0.5) is 0 Å². The fourth-order valence-corrected chi connectivity index (χ4v) is 3.61. The number of nitrogens with zero attached hydrogens (tertiary/aromatic N) is 3. The van der Waals surface area contributed by atoms with Crippen LogP contribution in [0.1, 0.15) is 18.9 Å². The Hall–Kier alpha value is -1.90. The molecule has 3 rings (SSSR count). The van der Waals surface area contributed by atoms with E-state index in [2.05, 4.69) is 50.2 Å². The number of para-hydroxylation sites is 1. The average Bonchev–Trinajstić information content (AvgIpc) is 2.98. The van der Waals surface area contributed by atoms with Gasteiger partial charge >= 0.3 is 137 Å². The maximum absolute atomic E-state index is 4.80. The summed E-state index contributed by atoms with van der Waals surface area (Å²) in [6, 6.07) is 18.7. The third-order valence-corrected chi connectivity index (χ3v) is 5.52. The molecule has 1 aromatic heterocycles. The zero-order valence-electron chi connectivity index (χ0n) is 12.9. The van der Waals surface area contributed by atoms with Crippen LogP contribution in [-0.2, 0) is 0 Å². The van der Waals surface area contributed by atoms with E-state index in [1.807, 2.05) is 22.9 Å². The molecule has 0 amide bonds. The number of aromatic nitrogens is 3. The summed E-state index contributed by atoms with van der Waals surface area (Å²) in [6.07, 6.45) is 1.18. The van der Waals surface area contributed by atoms with Crippen LogP contribution in [0.25, 0.3) is 17.1 Å². The summed E-state index contributed by atoms with van der Waals surface area (Å²) in [5, 5.41) is 5.93. The fraction of sp³-hybridized carbons (Fsp3) is 0.222. The van der Waals surface area contributed by atoms with Crippen LogP contribution in [0.3, 0.4) is 0 Å². The molecule has 1 heterocycles. The van der Waals surface area contributed by atoms with Gasteiger partial charge in [0.1, 0.15) is 0 Å². The Morgan fingerprint density at radius 2 is 1.73 bits per heavy atom. The SMILES string of the molecule is CCC[Se]c1nc(-c2ccc(C)cc2)n(-c2ccccc2)n1. The van der Waals surface area contributed by atoms with E-state index in [0.29, 0.717) is 15.0 Å². The van der Waals surface area contributed by atoms with Gasteiger partial charge in [-0.3, -0.25) is 0 Å². The van der Waals surface area contributed by atoms with Gasteiger partial charge in [-0.2, -0.15) is 0 Å². The average molecular weight is 356 g/mol. The summed E-state index contributed by atoms with van der Waals surface area (Å²) in [5.74, 6) is 0.930. The van der Waals surface area contributed by atoms with Gasteiger partial charge in [0.25, 0.3) is 0 Å². The number of benzene rings is 2. The van der Waals surface area contributed by atoms with Crippen molar-refractivity contribution in [2.45, 2.75) is 25.6 Å². The first-order valence-electron chi connectivity index (χ1n) is 7.50. The van der Waals surface area contributed by atoms with Crippen molar-refractivity contribution < 1.29 is 0 Å². The van der Waals surface area contributed by atoms with Gasteiger partial charge < -0.3 is 0 Å². The van der Waals surface area contributed by atoms with E-state index < -0.39 is 0 Å². The summed E-state index contributed by atoms with van der Waals surface area (Å²) < 4.78 is 2.95. The summed E-state index contributed by atoms with van der Waals surface area (Å²) >= 11 is 0.341. The molecule has 0 aliphatic rings. The zero-order valence-corrected chi connectivity index (χ0v) is 14.6. The minimum absolute atomic E-state index is 0.341. The first-order valence-corrected chi connectivity index (χ1v) is 9.57. The molecule has 0 bridgehead atoms. The van der Waals surface area contributed by atoms with Crippen molar-refractivity contribution in [3.05, 3.63) is 60.2 Å². The molecule has 0 unspecified atom stereocenters. The van der Waals surface area contributed by atoms with Gasteiger partial charge in [0.05, 0.1) is 0 Å². The van der Waals surface area contributed by atoms with Crippen molar-refractivity contribution in [3.8, 4) is 17.1 Å². The molecule has 0 saturated heterocycles. The van der Waals surface area contributed by atoms with E-state index in [1.165, 1.54) is 17.3 Å². The second kappa shape index (κ2) is 6.91. The first-order chi connectivity index (χ1) is 10.8. The molecule has 0 spiro atoms. The Morgan fingerprint density at radius 3 is 2.41 bits per heavy atom. The standard InChI is InChI=1S/C18H19N3Se/c1-3-13-22-18-19-17(15-11-9-14(2)10-12-15)21(20-18)16-7-5-4-6-8-16/h4-12H,3,13H2,1-2H3. The molecule has 112 valence electrons. The summed E-state index contributed by atoms with van der Waals surface area (Å²) in [7, 11) is 0. The molecular formula is C18H19N3Se. The van der Waals surface area contributed by atoms with Crippen molar-refractivity contribution in [3.63, 3.8) is 0 Å². The van der Waals surface area contributed by atoms with E-state index >= 15 is 0 Å². The fourth-order valence-electron chi connectivity index (χ4n) is 2.19. The molecule has 0 N–H and O–H groups in total. The number of hydrogen-bond donors (Lipinski definition) is 0. The van der Waals surface area contributed by atoms with Gasteiger partial charge in [0.15, 0.2) is 0 Å². The van der Waals surface area contributed by atoms with E-state index in [0.717, 1.165) is 21.8 Å². The second-order valence-corrected chi connectivity index (χ2v) is 7.41. The molecule has 4 heteroatoms. The molecule has 22 heavy (non-hydrogen) atoms. The number of hydrogen-bond acceptors (Lipinski definition) is 2. The Labute approximate surface area is 137 Å². The predicted molar refractivity (Wildman–Crippen MR) is 92.0 cm³/mol. The van der Waals surface area contributed by atoms with Crippen LogP contribution < -0.4 is 4.72 Å². The molecular weight excluding hydrogens is 337 g/mol. The molecule has 3 aromatic rings. The summed E-state index contributed by atoms with van der Waals surface area (Å²) in [4.78, 5) is 4.80. The number of aryl methyl sites for hydroxylation is 1. The van der Waals surface area contributed by atoms with Gasteiger partial charge in [0, 0.05) is 0 Å². The molecule has 2 aromatic carbocycles. The summed E-state index contributed by atoms with van der Waals surface area (Å²) in [6.45, 7) is 4.30. The van der Waals surface area contributed by atoms with Crippen LogP contribution in [0.5, 0.6) is 0 Å². The third kappa shape index (κ3) is 3.29. The zero-order chi connectivity index (χ0) is 15.4. The molecule has 0 saturated carbocycles. The molecule has 0 aliphatic heterocycles. The van der Waals surface area contributed by atoms with E-state index in [-0.39, 0.29) is 0 Å². The monoisotopic (exact) mass is 357 g/mol. The second-order valence-electron chi connectivity index (χ2n) is 5.18. The molecule has 0 radical (unpaired) electrons. The normalized spacial score (nSPS) is 10.8. The maximum atomic E-state index is 4.80.